The summed E-state index contributed by atoms with van der Waals surface area (Å²) >= 11 is 1.91. The molecule has 1 atom stereocenters. The number of thiophene rings is 1. The lowest BCUT2D eigenvalue weighted by atomic mass is 9.76. The van der Waals surface area contributed by atoms with Crippen LogP contribution < -0.4 is 5.32 Å². The van der Waals surface area contributed by atoms with E-state index in [0.29, 0.717) is 0 Å². The molecule has 0 aromatic carbocycles. The predicted octanol–water partition coefficient (Wildman–Crippen LogP) is 5.27. The van der Waals surface area contributed by atoms with E-state index in [0.717, 1.165) is 17.9 Å². The zero-order valence-electron chi connectivity index (χ0n) is 13.2. The third-order valence-corrected chi connectivity index (χ3v) is 5.91. The molecule has 0 bridgehead atoms. The van der Waals surface area contributed by atoms with Crippen LogP contribution in [0, 0.1) is 11.8 Å². The Kier molecular flexibility index (Phi) is 7.09. The van der Waals surface area contributed by atoms with Gasteiger partial charge in [0.05, 0.1) is 0 Å². The second-order valence-electron chi connectivity index (χ2n) is 6.37. The fraction of sp³-hybridized carbons (Fsp3) is 0.778. The van der Waals surface area contributed by atoms with Crippen molar-refractivity contribution in [2.24, 2.45) is 11.8 Å². The lowest BCUT2D eigenvalue weighted by Gasteiger charge is -2.34. The summed E-state index contributed by atoms with van der Waals surface area (Å²) in [5, 5.41) is 6.04. The molecule has 1 heterocycles. The molecule has 1 nitrogen and oxygen atoms in total. The smallest absolute Gasteiger partial charge is 0.00987 e. The van der Waals surface area contributed by atoms with Crippen LogP contribution in [0.15, 0.2) is 17.5 Å². The minimum Gasteiger partial charge on any atom is -0.314 e. The Bertz CT molecular complexity index is 338. The second kappa shape index (κ2) is 8.84. The molecule has 0 aliphatic heterocycles. The molecule has 1 aliphatic carbocycles. The minimum atomic E-state index is 0.745. The van der Waals surface area contributed by atoms with Crippen molar-refractivity contribution in [3.8, 4) is 0 Å². The van der Waals surface area contributed by atoms with Crippen LogP contribution in [0.3, 0.4) is 0 Å². The van der Waals surface area contributed by atoms with Gasteiger partial charge in [-0.25, -0.2) is 0 Å². The number of aryl methyl sites for hydroxylation is 1. The van der Waals surface area contributed by atoms with Crippen molar-refractivity contribution in [2.75, 3.05) is 6.54 Å². The van der Waals surface area contributed by atoms with E-state index >= 15 is 0 Å². The van der Waals surface area contributed by atoms with Crippen molar-refractivity contribution in [2.45, 2.75) is 71.3 Å². The molecule has 114 valence electrons. The molecule has 0 spiro atoms. The Hall–Kier alpha value is -0.340. The standard InChI is InChI=1S/C18H31NS/c1-3-13-19-18(12-11-17-6-5-14-20-17)16-9-7-15(4-2)8-10-16/h5-6,14-16,18-19H,3-4,7-13H2,1-2H3. The molecule has 0 amide bonds. The molecule has 2 heteroatoms. The van der Waals surface area contributed by atoms with Crippen molar-refractivity contribution < 1.29 is 0 Å². The summed E-state index contributed by atoms with van der Waals surface area (Å²) in [6, 6.07) is 5.21. The maximum absolute atomic E-state index is 3.84. The summed E-state index contributed by atoms with van der Waals surface area (Å²) < 4.78 is 0. The number of rotatable bonds is 8. The summed E-state index contributed by atoms with van der Waals surface area (Å²) in [5.41, 5.74) is 0. The van der Waals surface area contributed by atoms with Crippen LogP contribution in [-0.4, -0.2) is 12.6 Å². The minimum absolute atomic E-state index is 0.745. The van der Waals surface area contributed by atoms with Gasteiger partial charge in [-0.3, -0.25) is 0 Å². The summed E-state index contributed by atoms with van der Waals surface area (Å²) in [7, 11) is 0. The third kappa shape index (κ3) is 4.89. The van der Waals surface area contributed by atoms with Crippen LogP contribution in [0.5, 0.6) is 0 Å². The average Bonchev–Trinajstić information content (AvgIpc) is 3.01. The molecule has 1 unspecified atom stereocenters. The Balaban J connectivity index is 1.83. The van der Waals surface area contributed by atoms with Gasteiger partial charge in [-0.15, -0.1) is 11.3 Å². The summed E-state index contributed by atoms with van der Waals surface area (Å²) in [6.07, 6.45) is 11.0. The predicted molar refractivity (Wildman–Crippen MR) is 90.5 cm³/mol. The van der Waals surface area contributed by atoms with Crippen molar-refractivity contribution in [1.82, 2.24) is 5.32 Å². The molecule has 2 rings (SSSR count). The number of nitrogens with one attached hydrogen (secondary N) is 1. The van der Waals surface area contributed by atoms with Crippen LogP contribution in [0.25, 0.3) is 0 Å². The van der Waals surface area contributed by atoms with E-state index in [1.807, 2.05) is 11.3 Å². The van der Waals surface area contributed by atoms with Gasteiger partial charge in [0.15, 0.2) is 0 Å². The number of hydrogen-bond acceptors (Lipinski definition) is 2. The zero-order valence-corrected chi connectivity index (χ0v) is 14.1. The lowest BCUT2D eigenvalue weighted by molar-refractivity contribution is 0.211. The van der Waals surface area contributed by atoms with E-state index in [-0.39, 0.29) is 0 Å². The van der Waals surface area contributed by atoms with Crippen molar-refractivity contribution in [3.05, 3.63) is 22.4 Å². The molecular weight excluding hydrogens is 262 g/mol. The Labute approximate surface area is 129 Å². The molecule has 1 fully saturated rings. The number of hydrogen-bond donors (Lipinski definition) is 1. The molecule has 20 heavy (non-hydrogen) atoms. The van der Waals surface area contributed by atoms with Crippen molar-refractivity contribution in [3.63, 3.8) is 0 Å². The Morgan fingerprint density at radius 1 is 1.25 bits per heavy atom. The molecule has 1 aliphatic rings. The maximum atomic E-state index is 3.84. The van der Waals surface area contributed by atoms with Crippen molar-refractivity contribution >= 4 is 11.3 Å². The highest BCUT2D eigenvalue weighted by Gasteiger charge is 2.26. The molecule has 0 saturated heterocycles. The van der Waals surface area contributed by atoms with Gasteiger partial charge >= 0.3 is 0 Å². The first kappa shape index (κ1) is 16.0. The highest BCUT2D eigenvalue weighted by atomic mass is 32.1. The van der Waals surface area contributed by atoms with Gasteiger partial charge in [0.2, 0.25) is 0 Å². The summed E-state index contributed by atoms with van der Waals surface area (Å²) in [6.45, 7) is 5.81. The quantitative estimate of drug-likeness (QED) is 0.689. The van der Waals surface area contributed by atoms with E-state index < -0.39 is 0 Å². The van der Waals surface area contributed by atoms with E-state index in [2.05, 4.69) is 36.7 Å². The topological polar surface area (TPSA) is 12.0 Å². The lowest BCUT2D eigenvalue weighted by Crippen LogP contribution is -2.39. The van der Waals surface area contributed by atoms with Gasteiger partial charge in [0.25, 0.3) is 0 Å². The van der Waals surface area contributed by atoms with Gasteiger partial charge in [0.1, 0.15) is 0 Å². The van der Waals surface area contributed by atoms with E-state index in [9.17, 15) is 0 Å². The molecule has 0 radical (unpaired) electrons. The van der Waals surface area contributed by atoms with Crippen LogP contribution in [-0.2, 0) is 6.42 Å². The van der Waals surface area contributed by atoms with E-state index in [4.69, 9.17) is 0 Å². The van der Waals surface area contributed by atoms with Crippen molar-refractivity contribution in [1.29, 1.82) is 0 Å². The van der Waals surface area contributed by atoms with Gasteiger partial charge in [0, 0.05) is 10.9 Å². The van der Waals surface area contributed by atoms with E-state index in [1.165, 1.54) is 57.9 Å². The van der Waals surface area contributed by atoms with E-state index in [1.54, 1.807) is 4.88 Å². The largest absolute Gasteiger partial charge is 0.314 e. The second-order valence-corrected chi connectivity index (χ2v) is 7.40. The van der Waals surface area contributed by atoms with Gasteiger partial charge in [-0.05, 0) is 61.9 Å². The molecule has 1 saturated carbocycles. The monoisotopic (exact) mass is 293 g/mol. The SMILES string of the molecule is CCCNC(CCc1cccs1)C1CCC(CC)CC1. The fourth-order valence-electron chi connectivity index (χ4n) is 3.59. The van der Waals surface area contributed by atoms with Gasteiger partial charge in [-0.2, -0.15) is 0 Å². The fourth-order valence-corrected chi connectivity index (χ4v) is 4.31. The zero-order chi connectivity index (χ0) is 14.2. The molecular formula is C18H31NS. The first-order valence-corrected chi connectivity index (χ1v) is 9.47. The Morgan fingerprint density at radius 3 is 2.65 bits per heavy atom. The normalized spacial score (nSPS) is 24.7. The summed E-state index contributed by atoms with van der Waals surface area (Å²) in [5.74, 6) is 1.93. The first-order valence-electron chi connectivity index (χ1n) is 8.59. The molecule has 1 N–H and O–H groups in total. The highest BCUT2D eigenvalue weighted by Crippen LogP contribution is 2.33. The Morgan fingerprint density at radius 2 is 2.05 bits per heavy atom. The van der Waals surface area contributed by atoms with Crippen LogP contribution in [0.1, 0.15) is 63.7 Å². The molecule has 1 aromatic heterocycles. The van der Waals surface area contributed by atoms with Gasteiger partial charge < -0.3 is 5.32 Å². The van der Waals surface area contributed by atoms with Crippen LogP contribution in [0.2, 0.25) is 0 Å². The first-order chi connectivity index (χ1) is 9.83. The van der Waals surface area contributed by atoms with Gasteiger partial charge in [-0.1, -0.05) is 39.2 Å². The summed E-state index contributed by atoms with van der Waals surface area (Å²) in [4.78, 5) is 1.55. The van der Waals surface area contributed by atoms with Crippen LogP contribution in [0.4, 0.5) is 0 Å². The van der Waals surface area contributed by atoms with Crippen LogP contribution >= 0.6 is 11.3 Å². The highest BCUT2D eigenvalue weighted by molar-refractivity contribution is 7.09. The molecule has 1 aromatic rings. The third-order valence-electron chi connectivity index (χ3n) is 4.98. The maximum Gasteiger partial charge on any atom is 0.00987 e. The average molecular weight is 294 g/mol.